The van der Waals surface area contributed by atoms with E-state index in [9.17, 15) is 9.18 Å². The van der Waals surface area contributed by atoms with E-state index in [1.807, 2.05) is 42.3 Å². The minimum absolute atomic E-state index is 0.00474. The molecule has 34 heavy (non-hydrogen) atoms. The maximum absolute atomic E-state index is 13.0. The zero-order valence-corrected chi connectivity index (χ0v) is 19.0. The molecule has 8 nitrogen and oxygen atoms in total. The van der Waals surface area contributed by atoms with Crippen LogP contribution in [0.1, 0.15) is 12.5 Å². The highest BCUT2D eigenvalue weighted by Gasteiger charge is 2.17. The predicted octanol–water partition coefficient (Wildman–Crippen LogP) is 3.58. The molecule has 2 aromatic carbocycles. The van der Waals surface area contributed by atoms with Gasteiger partial charge < -0.3 is 25.0 Å². The highest BCUT2D eigenvalue weighted by atomic mass is 19.1. The van der Waals surface area contributed by atoms with E-state index in [4.69, 9.17) is 9.47 Å². The molecule has 0 aromatic heterocycles. The molecule has 2 aliphatic heterocycles. The molecule has 2 N–H and O–H groups in total. The zero-order chi connectivity index (χ0) is 23.9. The number of amidine groups is 1. The van der Waals surface area contributed by atoms with Gasteiger partial charge in [-0.15, -0.1) is 0 Å². The second-order valence-corrected chi connectivity index (χ2v) is 7.77. The fourth-order valence-corrected chi connectivity index (χ4v) is 3.46. The van der Waals surface area contributed by atoms with E-state index in [2.05, 4.69) is 20.6 Å². The lowest BCUT2D eigenvalue weighted by Crippen LogP contribution is -2.38. The van der Waals surface area contributed by atoms with Crippen LogP contribution in [0.4, 0.5) is 15.8 Å². The van der Waals surface area contributed by atoms with Crippen molar-refractivity contribution in [3.8, 4) is 5.75 Å². The van der Waals surface area contributed by atoms with Gasteiger partial charge in [-0.05, 0) is 60.5 Å². The number of anilines is 2. The van der Waals surface area contributed by atoms with Crippen LogP contribution in [0.2, 0.25) is 0 Å². The van der Waals surface area contributed by atoms with E-state index >= 15 is 0 Å². The number of benzene rings is 2. The van der Waals surface area contributed by atoms with Crippen LogP contribution < -0.4 is 20.3 Å². The van der Waals surface area contributed by atoms with Gasteiger partial charge in [0.25, 0.3) is 0 Å². The van der Waals surface area contributed by atoms with Gasteiger partial charge in [-0.3, -0.25) is 14.8 Å². The number of nitrogens with zero attached hydrogens (tertiary/aromatic N) is 3. The second kappa shape index (κ2) is 10.7. The van der Waals surface area contributed by atoms with E-state index in [-0.39, 0.29) is 18.3 Å². The van der Waals surface area contributed by atoms with Crippen LogP contribution in [0.25, 0.3) is 6.08 Å². The molecule has 0 unspecified atom stereocenters. The summed E-state index contributed by atoms with van der Waals surface area (Å²) in [7, 11) is 1.62. The minimum Gasteiger partial charge on any atom is -0.495 e. The van der Waals surface area contributed by atoms with Crippen molar-refractivity contribution in [2.24, 2.45) is 9.98 Å². The lowest BCUT2D eigenvalue weighted by Gasteiger charge is -2.22. The molecule has 0 saturated heterocycles. The standard InChI is InChI=1S/C25H26FN5O3/c1-17-13-27-16-31(15-17)21-8-3-18(11-22(21)33-2)12-23-25(28-9-10-34-23)30-24(32)14-29-20-6-4-19(26)5-7-20/h3-8,11-12,15-16,29H,9-10,13-14H2,1-2H3,(H,28,30,32)/b23-12-. The average Bonchev–Trinajstić information content (AvgIpc) is 2.85. The fraction of sp³-hybridized carbons (Fsp3) is 0.240. The van der Waals surface area contributed by atoms with Crippen molar-refractivity contribution in [1.29, 1.82) is 0 Å². The summed E-state index contributed by atoms with van der Waals surface area (Å²) >= 11 is 0. The summed E-state index contributed by atoms with van der Waals surface area (Å²) in [5.74, 6) is 0.875. The Bertz CT molecular complexity index is 1170. The van der Waals surface area contributed by atoms with Gasteiger partial charge in [-0.25, -0.2) is 4.39 Å². The smallest absolute Gasteiger partial charge is 0.244 e. The lowest BCUT2D eigenvalue weighted by molar-refractivity contribution is -0.118. The third kappa shape index (κ3) is 5.80. The number of ether oxygens (including phenoxy) is 2. The van der Waals surface area contributed by atoms with E-state index in [0.29, 0.717) is 42.7 Å². The summed E-state index contributed by atoms with van der Waals surface area (Å²) < 4.78 is 24.4. The number of amides is 1. The first-order valence-electron chi connectivity index (χ1n) is 10.8. The Balaban J connectivity index is 1.46. The zero-order valence-electron chi connectivity index (χ0n) is 19.0. The number of carbonyl (C=O) groups is 1. The molecule has 0 saturated carbocycles. The molecule has 4 rings (SSSR count). The summed E-state index contributed by atoms with van der Waals surface area (Å²) in [5.41, 5.74) is 3.49. The fourth-order valence-electron chi connectivity index (χ4n) is 3.46. The Hall–Kier alpha value is -4.14. The summed E-state index contributed by atoms with van der Waals surface area (Å²) in [6, 6.07) is 11.6. The number of rotatable bonds is 6. The molecule has 176 valence electrons. The van der Waals surface area contributed by atoms with Crippen molar-refractivity contribution in [2.45, 2.75) is 6.92 Å². The second-order valence-electron chi connectivity index (χ2n) is 7.77. The number of hydrogen-bond donors (Lipinski definition) is 2. The maximum Gasteiger partial charge on any atom is 0.244 e. The van der Waals surface area contributed by atoms with Gasteiger partial charge in [-0.1, -0.05) is 6.07 Å². The number of aliphatic imine (C=N–C) groups is 2. The number of halogens is 1. The summed E-state index contributed by atoms with van der Waals surface area (Å²) in [6.07, 6.45) is 5.60. The first-order valence-corrected chi connectivity index (χ1v) is 10.8. The Morgan fingerprint density at radius 2 is 2.09 bits per heavy atom. The molecule has 2 aromatic rings. The SMILES string of the molecule is COc1cc(/C=C2\OCCN=C2NC(=O)CNc2ccc(F)cc2)ccc1N1C=NCC(C)=C1. The van der Waals surface area contributed by atoms with Gasteiger partial charge >= 0.3 is 0 Å². The van der Waals surface area contributed by atoms with Crippen LogP contribution in [0.5, 0.6) is 5.75 Å². The lowest BCUT2D eigenvalue weighted by atomic mass is 10.1. The van der Waals surface area contributed by atoms with Crippen molar-refractivity contribution in [2.75, 3.05) is 43.6 Å². The Labute approximate surface area is 197 Å². The molecule has 9 heteroatoms. The normalized spacial score (nSPS) is 16.4. The quantitative estimate of drug-likeness (QED) is 0.684. The molecule has 0 atom stereocenters. The van der Waals surface area contributed by atoms with Crippen LogP contribution in [-0.2, 0) is 9.53 Å². The summed E-state index contributed by atoms with van der Waals surface area (Å²) in [4.78, 5) is 23.1. The topological polar surface area (TPSA) is 87.5 Å². The Morgan fingerprint density at radius 3 is 2.85 bits per heavy atom. The molecular formula is C25H26FN5O3. The first kappa shape index (κ1) is 23.0. The van der Waals surface area contributed by atoms with Crippen molar-refractivity contribution in [3.05, 3.63) is 71.4 Å². The van der Waals surface area contributed by atoms with Gasteiger partial charge in [0.15, 0.2) is 11.6 Å². The van der Waals surface area contributed by atoms with Crippen LogP contribution in [-0.4, -0.2) is 51.4 Å². The van der Waals surface area contributed by atoms with E-state index in [1.54, 1.807) is 25.6 Å². The molecular weight excluding hydrogens is 437 g/mol. The van der Waals surface area contributed by atoms with E-state index in [1.165, 1.54) is 12.1 Å². The number of hydrogen-bond acceptors (Lipinski definition) is 7. The van der Waals surface area contributed by atoms with Crippen molar-refractivity contribution < 1.29 is 18.7 Å². The van der Waals surface area contributed by atoms with Crippen LogP contribution >= 0.6 is 0 Å². The van der Waals surface area contributed by atoms with Gasteiger partial charge in [-0.2, -0.15) is 0 Å². The van der Waals surface area contributed by atoms with Crippen LogP contribution in [0.3, 0.4) is 0 Å². The number of methoxy groups -OCH3 is 1. The molecule has 2 aliphatic rings. The highest BCUT2D eigenvalue weighted by molar-refractivity contribution is 6.09. The van der Waals surface area contributed by atoms with Crippen molar-refractivity contribution in [3.63, 3.8) is 0 Å². The molecule has 0 bridgehead atoms. The maximum atomic E-state index is 13.0. The van der Waals surface area contributed by atoms with E-state index < -0.39 is 0 Å². The van der Waals surface area contributed by atoms with Crippen LogP contribution in [0, 0.1) is 5.82 Å². The monoisotopic (exact) mass is 463 g/mol. The molecule has 0 aliphatic carbocycles. The third-order valence-electron chi connectivity index (χ3n) is 5.09. The highest BCUT2D eigenvalue weighted by Crippen LogP contribution is 2.31. The minimum atomic E-state index is -0.334. The Kier molecular flexibility index (Phi) is 7.22. The molecule has 2 heterocycles. The van der Waals surface area contributed by atoms with Crippen LogP contribution in [0.15, 0.2) is 70.0 Å². The molecule has 0 spiro atoms. The predicted molar refractivity (Wildman–Crippen MR) is 132 cm³/mol. The third-order valence-corrected chi connectivity index (χ3v) is 5.09. The Morgan fingerprint density at radius 1 is 1.26 bits per heavy atom. The average molecular weight is 464 g/mol. The summed E-state index contributed by atoms with van der Waals surface area (Å²) in [6.45, 7) is 3.58. The van der Waals surface area contributed by atoms with Crippen molar-refractivity contribution >= 4 is 35.5 Å². The van der Waals surface area contributed by atoms with Crippen molar-refractivity contribution in [1.82, 2.24) is 5.32 Å². The molecule has 1 amide bonds. The molecule has 0 fully saturated rings. The summed E-state index contributed by atoms with van der Waals surface area (Å²) in [5, 5.41) is 5.73. The van der Waals surface area contributed by atoms with Gasteiger partial charge in [0, 0.05) is 11.9 Å². The number of nitrogens with one attached hydrogen (secondary N) is 2. The number of carbonyl (C=O) groups excluding carboxylic acids is 1. The van der Waals surface area contributed by atoms with Gasteiger partial charge in [0.05, 0.1) is 38.8 Å². The first-order chi connectivity index (χ1) is 16.5. The van der Waals surface area contributed by atoms with Gasteiger partial charge in [0.2, 0.25) is 5.91 Å². The largest absolute Gasteiger partial charge is 0.495 e. The van der Waals surface area contributed by atoms with E-state index in [0.717, 1.165) is 16.8 Å². The molecule has 0 radical (unpaired) electrons. The van der Waals surface area contributed by atoms with Gasteiger partial charge in [0.1, 0.15) is 18.2 Å².